The molecular weight excluding hydrogens is 510 g/mol. The van der Waals surface area contributed by atoms with Crippen LogP contribution in [0.25, 0.3) is 0 Å². The molecule has 0 radical (unpaired) electrons. The van der Waals surface area contributed by atoms with Crippen LogP contribution in [0.3, 0.4) is 0 Å². The van der Waals surface area contributed by atoms with Crippen LogP contribution in [-0.2, 0) is 14.3 Å². The number of hydrogen-bond donors (Lipinski definition) is 0. The SMILES string of the molecule is Cc1ccc(N2C(=O)[C@H]3[C@@H](C2=O)C2(O[C@H]3c3ccccc3Br)C(=O)c3ccccc3C2=O)cc1C. The Labute approximate surface area is 210 Å². The normalized spacial score (nSPS) is 24.4. The first-order valence-electron chi connectivity index (χ1n) is 11.3. The molecular formula is C28H20BrNO5. The molecule has 2 saturated heterocycles. The Morgan fingerprint density at radius 3 is 2.06 bits per heavy atom. The number of nitrogens with zero attached hydrogens (tertiary/aromatic N) is 1. The van der Waals surface area contributed by atoms with E-state index < -0.39 is 46.9 Å². The fourth-order valence-corrected chi connectivity index (χ4v) is 6.14. The van der Waals surface area contributed by atoms with Crippen LogP contribution in [0.4, 0.5) is 5.69 Å². The van der Waals surface area contributed by atoms with Gasteiger partial charge in [0.15, 0.2) is 0 Å². The molecule has 3 aromatic carbocycles. The number of imide groups is 1. The van der Waals surface area contributed by atoms with Crippen molar-refractivity contribution in [2.75, 3.05) is 4.90 Å². The standard InChI is InChI=1S/C28H20BrNO5/c1-14-11-12-16(13-15(14)2)30-26(33)21-22(27(30)34)28(35-23(21)19-9-5-6-10-20(19)29)24(31)17-7-3-4-8-18(17)25(28)32/h3-13,21-23H,1-2H3/t21-,22-,23-/m0/s1. The molecule has 0 saturated carbocycles. The number of carbonyl (C=O) groups excluding carboxylic acids is 4. The summed E-state index contributed by atoms with van der Waals surface area (Å²) in [4.78, 5) is 56.6. The van der Waals surface area contributed by atoms with E-state index in [2.05, 4.69) is 15.9 Å². The van der Waals surface area contributed by atoms with E-state index in [0.717, 1.165) is 16.0 Å². The van der Waals surface area contributed by atoms with Crippen molar-refractivity contribution in [3.05, 3.63) is 99.0 Å². The Bertz CT molecular complexity index is 1440. The number of ketones is 2. The van der Waals surface area contributed by atoms with Gasteiger partial charge in [-0.2, -0.15) is 0 Å². The van der Waals surface area contributed by atoms with Crippen molar-refractivity contribution in [1.82, 2.24) is 0 Å². The van der Waals surface area contributed by atoms with Crippen molar-refractivity contribution in [1.29, 1.82) is 0 Å². The van der Waals surface area contributed by atoms with Gasteiger partial charge in [0.05, 0.1) is 23.6 Å². The Morgan fingerprint density at radius 2 is 1.43 bits per heavy atom. The lowest BCUT2D eigenvalue weighted by Gasteiger charge is -2.27. The number of aryl methyl sites for hydroxylation is 2. The van der Waals surface area contributed by atoms with Crippen LogP contribution >= 0.6 is 15.9 Å². The van der Waals surface area contributed by atoms with Crippen LogP contribution in [0.5, 0.6) is 0 Å². The minimum Gasteiger partial charge on any atom is -0.349 e. The Morgan fingerprint density at radius 1 is 0.800 bits per heavy atom. The molecule has 0 bridgehead atoms. The minimum atomic E-state index is -2.07. The van der Waals surface area contributed by atoms with Gasteiger partial charge in [-0.25, -0.2) is 4.90 Å². The summed E-state index contributed by atoms with van der Waals surface area (Å²) in [5.41, 5.74) is 1.34. The summed E-state index contributed by atoms with van der Waals surface area (Å²) in [5, 5.41) is 0. The first-order valence-corrected chi connectivity index (χ1v) is 12.1. The summed E-state index contributed by atoms with van der Waals surface area (Å²) in [6, 6.07) is 19.0. The highest BCUT2D eigenvalue weighted by Crippen LogP contribution is 2.58. The molecule has 0 N–H and O–H groups in total. The van der Waals surface area contributed by atoms with Crippen molar-refractivity contribution in [3.8, 4) is 0 Å². The number of fused-ring (bicyclic) bond motifs is 3. The predicted molar refractivity (Wildman–Crippen MR) is 131 cm³/mol. The monoisotopic (exact) mass is 529 g/mol. The molecule has 1 spiro atoms. The summed E-state index contributed by atoms with van der Waals surface area (Å²) in [6.07, 6.45) is -0.953. The van der Waals surface area contributed by atoms with Gasteiger partial charge in [-0.3, -0.25) is 19.2 Å². The summed E-state index contributed by atoms with van der Waals surface area (Å²) >= 11 is 3.51. The predicted octanol–water partition coefficient (Wildman–Crippen LogP) is 4.76. The Hall–Kier alpha value is -3.42. The number of hydrogen-bond acceptors (Lipinski definition) is 5. The van der Waals surface area contributed by atoms with E-state index in [-0.39, 0.29) is 11.1 Å². The third-order valence-corrected chi connectivity index (χ3v) is 8.20. The van der Waals surface area contributed by atoms with Gasteiger partial charge < -0.3 is 4.74 Å². The van der Waals surface area contributed by atoms with Crippen LogP contribution < -0.4 is 4.90 Å². The number of ether oxygens (including phenoxy) is 1. The van der Waals surface area contributed by atoms with Gasteiger partial charge in [0, 0.05) is 15.6 Å². The third-order valence-electron chi connectivity index (χ3n) is 7.48. The molecule has 3 atom stereocenters. The molecule has 6 nitrogen and oxygen atoms in total. The number of benzene rings is 3. The van der Waals surface area contributed by atoms with Crippen LogP contribution in [0, 0.1) is 25.7 Å². The van der Waals surface area contributed by atoms with Crippen molar-refractivity contribution < 1.29 is 23.9 Å². The zero-order valence-corrected chi connectivity index (χ0v) is 20.5. The molecule has 2 heterocycles. The van der Waals surface area contributed by atoms with E-state index in [1.807, 2.05) is 26.0 Å². The third kappa shape index (κ3) is 2.79. The highest BCUT2D eigenvalue weighted by atomic mass is 79.9. The second-order valence-corrected chi connectivity index (χ2v) is 10.1. The van der Waals surface area contributed by atoms with E-state index in [9.17, 15) is 19.2 Å². The molecule has 2 amide bonds. The summed E-state index contributed by atoms with van der Waals surface area (Å²) in [6.45, 7) is 3.85. The molecule has 3 aromatic rings. The fraction of sp³-hybridized carbons (Fsp3) is 0.214. The van der Waals surface area contributed by atoms with Gasteiger partial charge in [-0.15, -0.1) is 0 Å². The van der Waals surface area contributed by atoms with Gasteiger partial charge in [0.1, 0.15) is 0 Å². The van der Waals surface area contributed by atoms with E-state index >= 15 is 0 Å². The van der Waals surface area contributed by atoms with Crippen molar-refractivity contribution in [2.24, 2.45) is 11.8 Å². The fourth-order valence-electron chi connectivity index (χ4n) is 5.62. The molecule has 6 rings (SSSR count). The molecule has 0 unspecified atom stereocenters. The van der Waals surface area contributed by atoms with Crippen molar-refractivity contribution >= 4 is 45.0 Å². The van der Waals surface area contributed by atoms with Crippen LogP contribution in [0.1, 0.15) is 43.5 Å². The number of carbonyl (C=O) groups is 4. The Balaban J connectivity index is 1.56. The first-order chi connectivity index (χ1) is 16.8. The van der Waals surface area contributed by atoms with E-state index in [1.54, 1.807) is 54.6 Å². The van der Waals surface area contributed by atoms with E-state index in [0.29, 0.717) is 15.7 Å². The van der Waals surface area contributed by atoms with Gasteiger partial charge in [0.2, 0.25) is 29.0 Å². The summed E-state index contributed by atoms with van der Waals surface area (Å²) in [5.74, 6) is -4.48. The number of rotatable bonds is 2. The molecule has 7 heteroatoms. The molecule has 2 fully saturated rings. The number of anilines is 1. The maximum Gasteiger partial charge on any atom is 0.241 e. The topological polar surface area (TPSA) is 80.8 Å². The van der Waals surface area contributed by atoms with Gasteiger partial charge in [-0.1, -0.05) is 64.5 Å². The zero-order chi connectivity index (χ0) is 24.6. The van der Waals surface area contributed by atoms with Gasteiger partial charge in [0.25, 0.3) is 0 Å². The molecule has 3 aliphatic rings. The minimum absolute atomic E-state index is 0.217. The van der Waals surface area contributed by atoms with Crippen LogP contribution in [0.2, 0.25) is 0 Å². The Kier molecular flexibility index (Phi) is 4.75. The maximum atomic E-state index is 14.0. The molecule has 35 heavy (non-hydrogen) atoms. The number of Topliss-reactive ketones (excluding diaryl/α,β-unsaturated/α-hetero) is 2. The van der Waals surface area contributed by atoms with Crippen LogP contribution in [-0.4, -0.2) is 29.0 Å². The average molecular weight is 530 g/mol. The van der Waals surface area contributed by atoms with Crippen molar-refractivity contribution in [3.63, 3.8) is 0 Å². The highest BCUT2D eigenvalue weighted by molar-refractivity contribution is 9.10. The largest absolute Gasteiger partial charge is 0.349 e. The number of halogens is 1. The van der Waals surface area contributed by atoms with Gasteiger partial charge in [-0.05, 0) is 48.7 Å². The van der Waals surface area contributed by atoms with Crippen molar-refractivity contribution in [2.45, 2.75) is 25.6 Å². The molecule has 2 aliphatic heterocycles. The zero-order valence-electron chi connectivity index (χ0n) is 18.9. The average Bonchev–Trinajstić information content (AvgIpc) is 3.41. The lowest BCUT2D eigenvalue weighted by molar-refractivity contribution is -0.127. The second kappa shape index (κ2) is 7.54. The summed E-state index contributed by atoms with van der Waals surface area (Å²) < 4.78 is 6.99. The smallest absolute Gasteiger partial charge is 0.241 e. The van der Waals surface area contributed by atoms with Crippen LogP contribution in [0.15, 0.2) is 71.2 Å². The second-order valence-electron chi connectivity index (χ2n) is 9.28. The molecule has 1 aliphatic carbocycles. The molecule has 0 aromatic heterocycles. The quantitative estimate of drug-likeness (QED) is 0.353. The number of amides is 2. The molecule has 174 valence electrons. The van der Waals surface area contributed by atoms with E-state index in [1.165, 1.54) is 0 Å². The summed E-state index contributed by atoms with van der Waals surface area (Å²) in [7, 11) is 0. The van der Waals surface area contributed by atoms with Gasteiger partial charge >= 0.3 is 0 Å². The maximum absolute atomic E-state index is 14.0. The lowest BCUT2D eigenvalue weighted by Crippen LogP contribution is -2.51. The highest BCUT2D eigenvalue weighted by Gasteiger charge is 2.74. The van der Waals surface area contributed by atoms with E-state index in [4.69, 9.17) is 4.74 Å². The lowest BCUT2D eigenvalue weighted by atomic mass is 9.77. The first kappa shape index (κ1) is 22.1.